The molecule has 0 heterocycles. The van der Waals surface area contributed by atoms with Crippen LogP contribution < -0.4 is 0 Å². The summed E-state index contributed by atoms with van der Waals surface area (Å²) in [5, 5.41) is 73.2. The van der Waals surface area contributed by atoms with E-state index >= 15 is 0 Å². The Morgan fingerprint density at radius 1 is 0.320 bits per heavy atom. The Kier molecular flexibility index (Phi) is 2.76. The normalized spacial score (nSPS) is 26.5. The number of hydrogen-bond acceptors (Lipinski definition) is 0. The summed E-state index contributed by atoms with van der Waals surface area (Å²) in [6.45, 7) is 2.33. The molecule has 9 aliphatic rings. The van der Waals surface area contributed by atoms with E-state index in [0.29, 0.717) is 0 Å². The number of alkyl halides is 2. The van der Waals surface area contributed by atoms with E-state index in [2.05, 4.69) is 37.3 Å². The lowest BCUT2D eigenvalue weighted by Gasteiger charge is -2.65. The number of rotatable bonds is 5. The van der Waals surface area contributed by atoms with Crippen molar-refractivity contribution in [2.75, 3.05) is 0 Å². The van der Waals surface area contributed by atoms with Crippen LogP contribution in [0.5, 0.6) is 0 Å². The zero-order valence-corrected chi connectivity index (χ0v) is 40.5. The fourth-order valence-electron chi connectivity index (χ4n) is 26.6. The molecule has 4 atom stereocenters. The zero-order valence-electron chi connectivity index (χ0n) is 39.0. The highest BCUT2D eigenvalue weighted by Crippen LogP contribution is 2.93. The molecule has 34 rings (SSSR count). The van der Waals surface area contributed by atoms with Gasteiger partial charge >= 0.3 is 0 Å². The summed E-state index contributed by atoms with van der Waals surface area (Å²) in [4.78, 5) is -1.72. The van der Waals surface area contributed by atoms with Crippen LogP contribution in [0.15, 0.2) is 35.9 Å². The van der Waals surface area contributed by atoms with Gasteiger partial charge in [-0.3, -0.25) is 0 Å². The summed E-state index contributed by atoms with van der Waals surface area (Å²) in [6.07, 6.45) is 7.82. The molecule has 2 heteroatoms. The fourth-order valence-corrected chi connectivity index (χ4v) is 27.8. The van der Waals surface area contributed by atoms with Gasteiger partial charge < -0.3 is 0 Å². The molecule has 0 nitrogen and oxygen atoms in total. The van der Waals surface area contributed by atoms with E-state index in [0.717, 1.165) is 6.42 Å². The summed E-state index contributed by atoms with van der Waals surface area (Å²) in [5.74, 6) is 0. The zero-order chi connectivity index (χ0) is 45.4. The maximum absolute atomic E-state index is 9.72. The van der Waals surface area contributed by atoms with Gasteiger partial charge in [-0.05, 0) is 333 Å². The first kappa shape index (κ1) is 30.0. The number of hydrogen-bond donors (Lipinski definition) is 0. The van der Waals surface area contributed by atoms with Gasteiger partial charge in [-0.25, -0.2) is 0 Å². The van der Waals surface area contributed by atoms with E-state index in [1.807, 2.05) is 0 Å². The number of allylic oxidation sites excluding steroid dienone is 4. The molecule has 0 saturated carbocycles. The molecule has 0 fully saturated rings. The molecule has 0 N–H and O–H groups in total. The molecule has 9 aliphatic carbocycles. The van der Waals surface area contributed by atoms with Crippen LogP contribution in [0.2, 0.25) is 0 Å². The average Bonchev–Trinajstić information content (AvgIpc) is 2.79. The van der Waals surface area contributed by atoms with Gasteiger partial charge in [-0.2, -0.15) is 0 Å². The predicted octanol–water partition coefficient (Wildman–Crippen LogP) is 19.9. The molecule has 0 amide bonds. The smallest absolute Gasteiger partial charge is 0.104 e. The molecule has 0 saturated heterocycles. The van der Waals surface area contributed by atoms with Crippen molar-refractivity contribution in [1.29, 1.82) is 0 Å². The Morgan fingerprint density at radius 2 is 0.653 bits per heavy atom. The van der Waals surface area contributed by atoms with E-state index in [4.69, 9.17) is 0 Å². The van der Waals surface area contributed by atoms with Crippen LogP contribution >= 0.6 is 23.2 Å². The first-order valence-electron chi connectivity index (χ1n) is 28.3. The summed E-state index contributed by atoms with van der Waals surface area (Å²) in [5.41, 5.74) is 18.5. The van der Waals surface area contributed by atoms with Gasteiger partial charge in [0.05, 0.1) is 10.8 Å². The Labute approximate surface area is 424 Å². The first-order valence-corrected chi connectivity index (χ1v) is 29.1. The van der Waals surface area contributed by atoms with Crippen LogP contribution in [0.4, 0.5) is 0 Å². The lowest BCUT2D eigenvalue weighted by atomic mass is 9.36. The molecule has 0 radical (unpaired) electrons. The first-order chi connectivity index (χ1) is 37.1. The predicted molar refractivity (Wildman–Crippen MR) is 315 cm³/mol. The Hall–Kier alpha value is -7.74. The molecular formula is C73H16Cl2. The third kappa shape index (κ3) is 1.65. The van der Waals surface area contributed by atoms with Gasteiger partial charge in [0, 0.05) is 0 Å². The lowest BCUT2D eigenvalue weighted by molar-refractivity contribution is 0.382. The van der Waals surface area contributed by atoms with Crippen molar-refractivity contribution < 1.29 is 0 Å². The molecule has 25 aromatic carbocycles. The Morgan fingerprint density at radius 3 is 1.09 bits per heavy atom. The molecule has 2 spiro atoms. The minimum atomic E-state index is -0.865. The Balaban J connectivity index is 1.06. The number of unbranched alkanes of at least 4 members (excludes halogenated alkanes) is 2. The van der Waals surface area contributed by atoms with Crippen molar-refractivity contribution in [3.8, 4) is 0 Å². The minimum Gasteiger partial charge on any atom is -0.104 e. The van der Waals surface area contributed by atoms with Crippen LogP contribution in [0.25, 0.3) is 259 Å². The van der Waals surface area contributed by atoms with Gasteiger partial charge in [0.1, 0.15) is 9.75 Å². The van der Waals surface area contributed by atoms with Crippen molar-refractivity contribution in [2.45, 2.75) is 53.2 Å². The summed E-state index contributed by atoms with van der Waals surface area (Å²) in [7, 11) is 0. The molecule has 0 aromatic heterocycles. The number of halogens is 2. The maximum Gasteiger partial charge on any atom is 0.122 e. The standard InChI is InChI=1S/C73H16Cl2/c1-2-3-4-5-11-6-8-12(9-7-11)13-10-70-61-52-42-38-26-21-15-14-16-18-19-17(14)23-25-20(15)24(26)36-40(42)50-51-41(36)37(25)45-31(23)33-29(19)35-34-28(18)32-30-22(16)27(21)39-43(30)54-56-46(32)47(34)58-59-49(35)48(33)57-55(45)63(51)72(74)66(57)67(59)73(75,69(70)68(72)60(50)61)65(58)64(56)71(13,70)62(54)53(52)44(38)39/h6-10H,2-5H2,1H3. The number of aryl methyl sites for hydroxylation is 1. The van der Waals surface area contributed by atoms with Crippen molar-refractivity contribution in [3.05, 3.63) is 91.5 Å². The second-order valence-electron chi connectivity index (χ2n) is 27.6. The average molecular weight is 964 g/mol. The van der Waals surface area contributed by atoms with Crippen molar-refractivity contribution in [2.24, 2.45) is 0 Å². The third-order valence-electron chi connectivity index (χ3n) is 27.0. The fraction of sp³-hybridized carbons (Fsp3) is 0.123. The molecule has 4 unspecified atom stereocenters. The van der Waals surface area contributed by atoms with Gasteiger partial charge in [0.15, 0.2) is 0 Å². The van der Waals surface area contributed by atoms with Crippen LogP contribution in [-0.4, -0.2) is 0 Å². The van der Waals surface area contributed by atoms with Crippen LogP contribution in [0.1, 0.15) is 81.8 Å². The van der Waals surface area contributed by atoms with Crippen LogP contribution in [0, 0.1) is 0 Å². The van der Waals surface area contributed by atoms with Crippen molar-refractivity contribution in [1.82, 2.24) is 0 Å². The highest BCUT2D eigenvalue weighted by molar-refractivity contribution is 6.80. The lowest BCUT2D eigenvalue weighted by Crippen LogP contribution is -2.63. The van der Waals surface area contributed by atoms with E-state index in [1.165, 1.54) is 102 Å². The van der Waals surface area contributed by atoms with E-state index in [-0.39, 0.29) is 0 Å². The van der Waals surface area contributed by atoms with Crippen molar-refractivity contribution in [3.63, 3.8) is 0 Å². The van der Waals surface area contributed by atoms with E-state index in [1.54, 1.807) is 238 Å². The summed E-state index contributed by atoms with van der Waals surface area (Å²) < 4.78 is 0. The van der Waals surface area contributed by atoms with E-state index < -0.39 is 20.6 Å². The van der Waals surface area contributed by atoms with Gasteiger partial charge in [0.25, 0.3) is 0 Å². The van der Waals surface area contributed by atoms with Gasteiger partial charge in [-0.15, -0.1) is 23.2 Å². The topological polar surface area (TPSA) is 0 Å². The number of benzene rings is 17. The molecule has 322 valence electrons. The van der Waals surface area contributed by atoms with Gasteiger partial charge in [-0.1, -0.05) is 50.1 Å². The molecule has 75 heavy (non-hydrogen) atoms. The highest BCUT2D eigenvalue weighted by Gasteiger charge is 2.82. The van der Waals surface area contributed by atoms with Crippen LogP contribution in [-0.2, 0) is 27.0 Å². The van der Waals surface area contributed by atoms with E-state index in [9.17, 15) is 23.2 Å². The minimum absolute atomic E-state index is 0.455. The third-order valence-corrected chi connectivity index (χ3v) is 28.2. The molecule has 0 bridgehead atoms. The molecule has 0 aliphatic heterocycles. The Bertz CT molecular complexity index is 7540. The highest BCUT2D eigenvalue weighted by atomic mass is 35.5. The summed E-state index contributed by atoms with van der Waals surface area (Å²) >= 11 is 19.3. The molecule has 25 aromatic rings. The largest absolute Gasteiger partial charge is 0.122 e. The van der Waals surface area contributed by atoms with Gasteiger partial charge in [0.2, 0.25) is 0 Å². The van der Waals surface area contributed by atoms with Crippen LogP contribution in [0.3, 0.4) is 0 Å². The summed E-state index contributed by atoms with van der Waals surface area (Å²) in [6, 6.07) is 10.1. The monoisotopic (exact) mass is 962 g/mol. The molecular weight excluding hydrogens is 948 g/mol. The quantitative estimate of drug-likeness (QED) is 0.0916. The second-order valence-corrected chi connectivity index (χ2v) is 28.7. The SMILES string of the molecule is CCCCCc1ccc(C2=CC34C5=C6c7c3c3c8c9c%10c%11c(c%12c%13c%14c(c%15c%16c%17c(c%18c7c7c3c3c8c8c%10c%10c%19c%11c%13c%11c%13c%14c%16c%14c%16c%17c%17c%18c7c7c3c3c8c%10c8c(c%11%19)c(c%13%14)c%10c%16c%17c7c3c%108)C6%15Cl)C5%12Cl)C294)cc1. The van der Waals surface area contributed by atoms with Crippen molar-refractivity contribution >= 4 is 282 Å². The second kappa shape index (κ2) is 6.90. The maximum atomic E-state index is 9.72.